The van der Waals surface area contributed by atoms with Crippen LogP contribution in [0.3, 0.4) is 0 Å². The molecule has 2 aliphatic rings. The molecule has 4 rings (SSSR count). The average molecular weight is 403 g/mol. The van der Waals surface area contributed by atoms with Gasteiger partial charge in [0.25, 0.3) is 0 Å². The number of anilines is 1. The van der Waals surface area contributed by atoms with Gasteiger partial charge < -0.3 is 9.74 Å². The second-order valence-corrected chi connectivity index (χ2v) is 8.45. The van der Waals surface area contributed by atoms with Gasteiger partial charge >= 0.3 is 0 Å². The molecule has 1 aromatic carbocycles. The zero-order valence-corrected chi connectivity index (χ0v) is 16.3. The fourth-order valence-corrected chi connectivity index (χ4v) is 4.40. The Labute approximate surface area is 166 Å². The summed E-state index contributed by atoms with van der Waals surface area (Å²) in [5, 5.41) is 4.19. The van der Waals surface area contributed by atoms with Gasteiger partial charge in [0.15, 0.2) is 5.78 Å². The van der Waals surface area contributed by atoms with Crippen LogP contribution in [0.5, 0.6) is 0 Å². The fourth-order valence-electron chi connectivity index (χ4n) is 3.39. The van der Waals surface area contributed by atoms with Crippen molar-refractivity contribution >= 4 is 46.0 Å². The molecule has 1 aromatic heterocycles. The van der Waals surface area contributed by atoms with Crippen molar-refractivity contribution in [3.05, 3.63) is 51.2 Å². The van der Waals surface area contributed by atoms with Crippen molar-refractivity contribution in [3.8, 4) is 0 Å². The molecular formula is C20H19ClN2O3S. The van der Waals surface area contributed by atoms with Crippen LogP contribution >= 0.6 is 22.9 Å². The minimum Gasteiger partial charge on any atom is -0.392 e. The monoisotopic (exact) mass is 402 g/mol. The Kier molecular flexibility index (Phi) is 5.27. The van der Waals surface area contributed by atoms with Crippen LogP contribution in [0.1, 0.15) is 47.3 Å². The fraction of sp³-hybridized carbons (Fsp3) is 0.350. The van der Waals surface area contributed by atoms with Gasteiger partial charge in [-0.15, -0.1) is 11.3 Å². The molecule has 1 amide bonds. The Hall–Kier alpha value is -2.18. The number of oxime groups is 1. The molecule has 0 spiro atoms. The molecule has 0 radical (unpaired) electrons. The molecule has 0 aliphatic carbocycles. The quantitative estimate of drug-likeness (QED) is 0.659. The summed E-state index contributed by atoms with van der Waals surface area (Å²) in [4.78, 5) is 32.0. The predicted molar refractivity (Wildman–Crippen MR) is 107 cm³/mol. The summed E-state index contributed by atoms with van der Waals surface area (Å²) >= 11 is 7.19. The number of ketones is 1. The lowest BCUT2D eigenvalue weighted by Crippen LogP contribution is -2.23. The third kappa shape index (κ3) is 4.06. The standard InChI is InChI=1S/C20H19ClN2O3S/c21-19-10-9-18(27-19)17(24)8-7-15-12-16(22-26-15)13-3-5-14(6-4-13)23-11-1-2-20(23)25/h3-6,9-10,15H,1-2,7-8,11-12H2. The van der Waals surface area contributed by atoms with E-state index in [4.69, 9.17) is 16.4 Å². The molecule has 5 nitrogen and oxygen atoms in total. The van der Waals surface area contributed by atoms with E-state index in [0.29, 0.717) is 34.9 Å². The van der Waals surface area contributed by atoms with E-state index in [1.807, 2.05) is 29.2 Å². The molecule has 27 heavy (non-hydrogen) atoms. The topological polar surface area (TPSA) is 59.0 Å². The molecule has 0 bridgehead atoms. The molecule has 2 aromatic rings. The van der Waals surface area contributed by atoms with Gasteiger partial charge in [-0.1, -0.05) is 28.9 Å². The van der Waals surface area contributed by atoms with Gasteiger partial charge in [-0.3, -0.25) is 9.59 Å². The van der Waals surface area contributed by atoms with Gasteiger partial charge in [0.1, 0.15) is 6.10 Å². The van der Waals surface area contributed by atoms with E-state index >= 15 is 0 Å². The summed E-state index contributed by atoms with van der Waals surface area (Å²) in [7, 11) is 0. The third-order valence-corrected chi connectivity index (χ3v) is 6.13. The number of benzene rings is 1. The first-order valence-electron chi connectivity index (χ1n) is 9.02. The normalized spacial score (nSPS) is 19.3. The lowest BCUT2D eigenvalue weighted by molar-refractivity contribution is -0.117. The number of carbonyl (C=O) groups excluding carboxylic acids is 2. The highest BCUT2D eigenvalue weighted by Gasteiger charge is 2.25. The van der Waals surface area contributed by atoms with E-state index < -0.39 is 0 Å². The Balaban J connectivity index is 1.31. The summed E-state index contributed by atoms with van der Waals surface area (Å²) in [5.41, 5.74) is 2.80. The molecule has 1 atom stereocenters. The maximum Gasteiger partial charge on any atom is 0.227 e. The second-order valence-electron chi connectivity index (χ2n) is 6.73. The maximum atomic E-state index is 12.2. The Morgan fingerprint density at radius 3 is 2.74 bits per heavy atom. The highest BCUT2D eigenvalue weighted by atomic mass is 35.5. The van der Waals surface area contributed by atoms with E-state index in [-0.39, 0.29) is 17.8 Å². The highest BCUT2D eigenvalue weighted by Crippen LogP contribution is 2.26. The Bertz CT molecular complexity index is 891. The smallest absolute Gasteiger partial charge is 0.227 e. The number of hydrogen-bond acceptors (Lipinski definition) is 5. The van der Waals surface area contributed by atoms with E-state index in [2.05, 4.69) is 5.16 Å². The zero-order chi connectivity index (χ0) is 18.8. The molecule has 0 N–H and O–H groups in total. The number of amides is 1. The van der Waals surface area contributed by atoms with Crippen LogP contribution in [0.25, 0.3) is 0 Å². The van der Waals surface area contributed by atoms with Crippen molar-refractivity contribution in [2.24, 2.45) is 5.16 Å². The number of rotatable bonds is 6. The minimum atomic E-state index is -0.0841. The van der Waals surface area contributed by atoms with Crippen molar-refractivity contribution in [1.82, 2.24) is 0 Å². The van der Waals surface area contributed by atoms with E-state index in [9.17, 15) is 9.59 Å². The molecule has 7 heteroatoms. The molecule has 1 saturated heterocycles. The molecule has 140 valence electrons. The highest BCUT2D eigenvalue weighted by molar-refractivity contribution is 7.18. The summed E-state index contributed by atoms with van der Waals surface area (Å²) in [6, 6.07) is 11.4. The van der Waals surface area contributed by atoms with Crippen LogP contribution in [-0.4, -0.2) is 30.1 Å². The number of nitrogens with zero attached hydrogens (tertiary/aromatic N) is 2. The van der Waals surface area contributed by atoms with Gasteiger partial charge in [-0.25, -0.2) is 0 Å². The van der Waals surface area contributed by atoms with E-state index in [0.717, 1.165) is 29.9 Å². The number of carbonyl (C=O) groups is 2. The molecule has 2 aliphatic heterocycles. The van der Waals surface area contributed by atoms with E-state index in [1.54, 1.807) is 12.1 Å². The van der Waals surface area contributed by atoms with Crippen LogP contribution in [0, 0.1) is 0 Å². The van der Waals surface area contributed by atoms with Gasteiger partial charge in [-0.2, -0.15) is 0 Å². The minimum absolute atomic E-state index is 0.0841. The second kappa shape index (κ2) is 7.82. The summed E-state index contributed by atoms with van der Waals surface area (Å²) in [6.45, 7) is 0.786. The Morgan fingerprint density at radius 1 is 1.26 bits per heavy atom. The van der Waals surface area contributed by atoms with Crippen molar-refractivity contribution in [2.75, 3.05) is 11.4 Å². The van der Waals surface area contributed by atoms with Crippen molar-refractivity contribution in [1.29, 1.82) is 0 Å². The summed E-state index contributed by atoms with van der Waals surface area (Å²) in [5.74, 6) is 0.268. The zero-order valence-electron chi connectivity index (χ0n) is 14.7. The van der Waals surface area contributed by atoms with Gasteiger partial charge in [0.05, 0.1) is 14.9 Å². The number of Topliss-reactive ketones (excluding diaryl/α,β-unsaturated/α-hetero) is 1. The van der Waals surface area contributed by atoms with Crippen LogP contribution in [-0.2, 0) is 9.63 Å². The number of thiophene rings is 1. The first-order valence-corrected chi connectivity index (χ1v) is 10.2. The lowest BCUT2D eigenvalue weighted by Gasteiger charge is -2.15. The number of hydrogen-bond donors (Lipinski definition) is 0. The van der Waals surface area contributed by atoms with Gasteiger partial charge in [0.2, 0.25) is 5.91 Å². The maximum absolute atomic E-state index is 12.2. The molecule has 1 fully saturated rings. The lowest BCUT2D eigenvalue weighted by atomic mass is 10.0. The molecule has 3 heterocycles. The largest absolute Gasteiger partial charge is 0.392 e. The number of halogens is 1. The van der Waals surface area contributed by atoms with Crippen molar-refractivity contribution in [2.45, 2.75) is 38.2 Å². The third-order valence-electron chi connectivity index (χ3n) is 4.86. The first-order chi connectivity index (χ1) is 13.1. The summed E-state index contributed by atoms with van der Waals surface area (Å²) < 4.78 is 0.625. The van der Waals surface area contributed by atoms with Crippen LogP contribution in [0.4, 0.5) is 5.69 Å². The van der Waals surface area contributed by atoms with Gasteiger partial charge in [0, 0.05) is 31.5 Å². The summed E-state index contributed by atoms with van der Waals surface area (Å²) in [6.07, 6.45) is 3.18. The van der Waals surface area contributed by atoms with Crippen molar-refractivity contribution in [3.63, 3.8) is 0 Å². The van der Waals surface area contributed by atoms with Gasteiger partial charge in [-0.05, 0) is 42.7 Å². The predicted octanol–water partition coefficient (Wildman–Crippen LogP) is 4.68. The van der Waals surface area contributed by atoms with Crippen LogP contribution < -0.4 is 4.90 Å². The SMILES string of the molecule is O=C(CCC1CC(c2ccc(N3CCCC3=O)cc2)=NO1)c1ccc(Cl)s1. The van der Waals surface area contributed by atoms with Crippen molar-refractivity contribution < 1.29 is 14.4 Å². The van der Waals surface area contributed by atoms with Crippen LogP contribution in [0.2, 0.25) is 4.34 Å². The molecular weight excluding hydrogens is 384 g/mol. The van der Waals surface area contributed by atoms with E-state index in [1.165, 1.54) is 11.3 Å². The average Bonchev–Trinajstić information content (AvgIpc) is 3.41. The first kappa shape index (κ1) is 18.2. The Morgan fingerprint density at radius 2 is 2.07 bits per heavy atom. The molecule has 0 saturated carbocycles. The van der Waals surface area contributed by atoms with Crippen LogP contribution in [0.15, 0.2) is 41.6 Å². The molecule has 1 unspecified atom stereocenters.